The molecule has 2 heterocycles. The van der Waals surface area contributed by atoms with E-state index in [9.17, 15) is 18.8 Å². The summed E-state index contributed by atoms with van der Waals surface area (Å²) < 4.78 is 24.7. The highest BCUT2D eigenvalue weighted by atomic mass is 35.5. The third kappa shape index (κ3) is 4.92. The third-order valence-corrected chi connectivity index (χ3v) is 6.26. The lowest BCUT2D eigenvalue weighted by Gasteiger charge is -2.33. The summed E-state index contributed by atoms with van der Waals surface area (Å²) in [6.07, 6.45) is 0.678. The second kappa shape index (κ2) is 9.85. The van der Waals surface area contributed by atoms with E-state index in [0.717, 1.165) is 12.8 Å². The number of fused-ring (bicyclic) bond motifs is 1. The quantitative estimate of drug-likeness (QED) is 0.550. The Hall–Kier alpha value is -3.39. The van der Waals surface area contributed by atoms with Crippen molar-refractivity contribution in [1.29, 1.82) is 0 Å². The predicted octanol–water partition coefficient (Wildman–Crippen LogP) is 4.00. The molecule has 0 radical (unpaired) electrons. The van der Waals surface area contributed by atoms with Crippen LogP contribution in [0.25, 0.3) is 22.1 Å². The molecule has 2 atom stereocenters. The van der Waals surface area contributed by atoms with Crippen molar-refractivity contribution in [3.8, 4) is 16.9 Å². The fourth-order valence-corrected chi connectivity index (χ4v) is 4.52. The molecule has 0 unspecified atom stereocenters. The second-order valence-corrected chi connectivity index (χ2v) is 8.67. The number of benzene rings is 2. The van der Waals surface area contributed by atoms with Crippen LogP contribution in [0.15, 0.2) is 51.7 Å². The van der Waals surface area contributed by atoms with Gasteiger partial charge < -0.3 is 19.4 Å². The van der Waals surface area contributed by atoms with Gasteiger partial charge in [0.05, 0.1) is 10.9 Å². The molecule has 34 heavy (non-hydrogen) atoms. The van der Waals surface area contributed by atoms with Crippen LogP contribution in [-0.4, -0.2) is 43.0 Å². The minimum Gasteiger partial charge on any atom is -0.481 e. The Morgan fingerprint density at radius 3 is 2.74 bits per heavy atom. The van der Waals surface area contributed by atoms with Crippen LogP contribution < -0.4 is 15.7 Å². The molecule has 1 N–H and O–H groups in total. The lowest BCUT2D eigenvalue weighted by atomic mass is 9.97. The summed E-state index contributed by atoms with van der Waals surface area (Å²) in [6.45, 7) is 2.55. The highest BCUT2D eigenvalue weighted by molar-refractivity contribution is 6.33. The summed E-state index contributed by atoms with van der Waals surface area (Å²) in [6, 6.07) is 10.1. The lowest BCUT2D eigenvalue weighted by Crippen LogP contribution is -2.48. The van der Waals surface area contributed by atoms with Gasteiger partial charge in [-0.1, -0.05) is 11.6 Å². The van der Waals surface area contributed by atoms with E-state index in [0.29, 0.717) is 35.4 Å². The first-order chi connectivity index (χ1) is 16.3. The third-order valence-electron chi connectivity index (χ3n) is 5.95. The van der Waals surface area contributed by atoms with E-state index in [1.807, 2.05) is 0 Å². The monoisotopic (exact) mass is 486 g/mol. The van der Waals surface area contributed by atoms with Crippen molar-refractivity contribution >= 4 is 34.4 Å². The number of halogens is 2. The lowest BCUT2D eigenvalue weighted by molar-refractivity contribution is -0.141. The number of nitrogens with zero attached hydrogens (tertiary/aromatic N) is 1. The maximum absolute atomic E-state index is 13.5. The zero-order valence-electron chi connectivity index (χ0n) is 18.8. The zero-order valence-corrected chi connectivity index (χ0v) is 19.5. The van der Waals surface area contributed by atoms with E-state index in [1.165, 1.54) is 30.3 Å². The van der Waals surface area contributed by atoms with Gasteiger partial charge in [0, 0.05) is 48.8 Å². The molecule has 9 heteroatoms. The minimum atomic E-state index is -0.803. The number of hydrogen-bond acceptors (Lipinski definition) is 5. The van der Waals surface area contributed by atoms with Crippen LogP contribution in [0.4, 0.5) is 4.39 Å². The van der Waals surface area contributed by atoms with Crippen LogP contribution in [0.1, 0.15) is 19.8 Å². The van der Waals surface area contributed by atoms with Gasteiger partial charge in [0.25, 0.3) is 5.91 Å². The molecule has 1 aliphatic rings. The van der Waals surface area contributed by atoms with E-state index in [1.54, 1.807) is 31.0 Å². The Morgan fingerprint density at radius 1 is 1.21 bits per heavy atom. The van der Waals surface area contributed by atoms with Crippen LogP contribution >= 0.6 is 11.6 Å². The molecule has 1 aromatic heterocycles. The Morgan fingerprint density at radius 2 is 2.00 bits per heavy atom. The van der Waals surface area contributed by atoms with Gasteiger partial charge >= 0.3 is 5.63 Å². The van der Waals surface area contributed by atoms with Crippen molar-refractivity contribution in [2.45, 2.75) is 25.9 Å². The molecule has 0 aliphatic carbocycles. The molecule has 178 valence electrons. The number of piperidine rings is 1. The van der Waals surface area contributed by atoms with Gasteiger partial charge in [0.15, 0.2) is 6.10 Å². The number of likely N-dealkylation sites (tertiary alicyclic amines) is 1. The molecular formula is C25H24ClFN2O5. The molecule has 4 rings (SSSR count). The fraction of sp³-hybridized carbons (Fsp3) is 0.320. The van der Waals surface area contributed by atoms with E-state index in [4.69, 9.17) is 20.8 Å². The Kier molecular flexibility index (Phi) is 6.88. The van der Waals surface area contributed by atoms with E-state index >= 15 is 0 Å². The summed E-state index contributed by atoms with van der Waals surface area (Å²) in [4.78, 5) is 38.7. The number of rotatable bonds is 5. The second-order valence-electron chi connectivity index (χ2n) is 8.26. The summed E-state index contributed by atoms with van der Waals surface area (Å²) >= 11 is 6.20. The van der Waals surface area contributed by atoms with Crippen molar-refractivity contribution < 1.29 is 23.1 Å². The van der Waals surface area contributed by atoms with Gasteiger partial charge in [-0.3, -0.25) is 9.59 Å². The van der Waals surface area contributed by atoms with Gasteiger partial charge in [0.2, 0.25) is 5.91 Å². The maximum atomic E-state index is 13.5. The number of amides is 2. The number of hydrogen-bond donors (Lipinski definition) is 1. The minimum absolute atomic E-state index is 0.0762. The number of nitrogens with one attached hydrogen (secondary N) is 1. The van der Waals surface area contributed by atoms with Crippen molar-refractivity contribution in [1.82, 2.24) is 10.2 Å². The van der Waals surface area contributed by atoms with Gasteiger partial charge in [-0.2, -0.15) is 0 Å². The standard InChI is InChI=1S/C25H24ClFN2O5/c1-14(25(32)29-9-3-4-15(13-29)24(31)28-2)33-17-6-8-19-20(12-23(30)34-22(19)11-17)18-7-5-16(27)10-21(18)26/h5-8,10-12,14-15H,3-4,9,13H2,1-2H3,(H,28,31)/t14-,15+/m1/s1. The molecule has 0 spiro atoms. The van der Waals surface area contributed by atoms with Crippen LogP contribution in [0.2, 0.25) is 5.02 Å². The molecule has 0 bridgehead atoms. The maximum Gasteiger partial charge on any atom is 0.336 e. The number of ether oxygens (including phenoxy) is 1. The SMILES string of the molecule is CNC(=O)[C@H]1CCCN(C(=O)[C@@H](C)Oc2ccc3c(-c4ccc(F)cc4Cl)cc(=O)oc3c2)C1. The van der Waals surface area contributed by atoms with Gasteiger partial charge in [-0.15, -0.1) is 0 Å². The van der Waals surface area contributed by atoms with Crippen molar-refractivity contribution in [2.75, 3.05) is 20.1 Å². The molecular weight excluding hydrogens is 463 g/mol. The zero-order chi connectivity index (χ0) is 24.4. The fourth-order valence-electron chi connectivity index (χ4n) is 4.25. The summed E-state index contributed by atoms with van der Waals surface area (Å²) in [7, 11) is 1.59. The number of carbonyl (C=O) groups excluding carboxylic acids is 2. The van der Waals surface area contributed by atoms with Crippen molar-refractivity contribution in [3.63, 3.8) is 0 Å². The molecule has 1 fully saturated rings. The molecule has 1 aliphatic heterocycles. The molecule has 7 nitrogen and oxygen atoms in total. The first-order valence-electron chi connectivity index (χ1n) is 11.0. The average Bonchev–Trinajstić information content (AvgIpc) is 2.82. The highest BCUT2D eigenvalue weighted by Crippen LogP contribution is 2.34. The van der Waals surface area contributed by atoms with Crippen molar-refractivity contribution in [2.24, 2.45) is 5.92 Å². The molecule has 3 aromatic rings. The van der Waals surface area contributed by atoms with Gasteiger partial charge in [-0.05, 0) is 50.1 Å². The van der Waals surface area contributed by atoms with Crippen LogP contribution in [0, 0.1) is 11.7 Å². The Balaban J connectivity index is 1.57. The van der Waals surface area contributed by atoms with Crippen LogP contribution in [0.5, 0.6) is 5.75 Å². The van der Waals surface area contributed by atoms with E-state index in [-0.39, 0.29) is 28.3 Å². The number of carbonyl (C=O) groups is 2. The van der Waals surface area contributed by atoms with Crippen LogP contribution in [0.3, 0.4) is 0 Å². The van der Waals surface area contributed by atoms with Gasteiger partial charge in [0.1, 0.15) is 17.1 Å². The van der Waals surface area contributed by atoms with Crippen LogP contribution in [-0.2, 0) is 9.59 Å². The largest absolute Gasteiger partial charge is 0.481 e. The average molecular weight is 487 g/mol. The normalized spacial score (nSPS) is 16.8. The first-order valence-corrected chi connectivity index (χ1v) is 11.3. The molecule has 2 amide bonds. The van der Waals surface area contributed by atoms with Gasteiger partial charge in [-0.25, -0.2) is 9.18 Å². The Bertz CT molecular complexity index is 1310. The van der Waals surface area contributed by atoms with Crippen molar-refractivity contribution in [3.05, 3.63) is 63.7 Å². The van der Waals surface area contributed by atoms with E-state index in [2.05, 4.69) is 5.32 Å². The predicted molar refractivity (Wildman–Crippen MR) is 126 cm³/mol. The summed E-state index contributed by atoms with van der Waals surface area (Å²) in [5, 5.41) is 3.39. The topological polar surface area (TPSA) is 88.9 Å². The smallest absolute Gasteiger partial charge is 0.336 e. The van der Waals surface area contributed by atoms with E-state index < -0.39 is 17.5 Å². The summed E-state index contributed by atoms with van der Waals surface area (Å²) in [5.41, 5.74) is 0.643. The highest BCUT2D eigenvalue weighted by Gasteiger charge is 2.30. The molecule has 1 saturated heterocycles. The first kappa shape index (κ1) is 23.8. The molecule has 0 saturated carbocycles. The molecule has 2 aromatic carbocycles. The summed E-state index contributed by atoms with van der Waals surface area (Å²) in [5.74, 6) is -0.666. The Labute approximate surface area is 200 Å².